The van der Waals surface area contributed by atoms with Gasteiger partial charge >= 0.3 is 0 Å². The van der Waals surface area contributed by atoms with E-state index >= 15 is 0 Å². The number of nitrogens with zero attached hydrogens (tertiary/aromatic N) is 1. The van der Waals surface area contributed by atoms with Gasteiger partial charge in [-0.2, -0.15) is 0 Å². The van der Waals surface area contributed by atoms with E-state index in [-0.39, 0.29) is 5.41 Å². The molecule has 0 unspecified atom stereocenters. The maximum Gasteiger partial charge on any atom is 0.0966 e. The molecule has 1 heterocycles. The fraction of sp³-hybridized carbons (Fsp3) is 0.941. The summed E-state index contributed by atoms with van der Waals surface area (Å²) >= 11 is 0. The molecule has 118 valence electrons. The van der Waals surface area contributed by atoms with Crippen LogP contribution in [0.3, 0.4) is 0 Å². The number of likely N-dealkylation sites (tertiary alicyclic amines) is 1. The first kappa shape index (κ1) is 17.5. The van der Waals surface area contributed by atoms with Crippen LogP contribution in [0, 0.1) is 10.8 Å². The second-order valence-electron chi connectivity index (χ2n) is 6.79. The molecule has 1 saturated heterocycles. The maximum absolute atomic E-state index is 7.67. The van der Waals surface area contributed by atoms with Gasteiger partial charge in [0.15, 0.2) is 0 Å². The highest BCUT2D eigenvalue weighted by Gasteiger charge is 2.32. The van der Waals surface area contributed by atoms with E-state index in [4.69, 9.17) is 11.1 Å². The van der Waals surface area contributed by atoms with Crippen LogP contribution in [0.5, 0.6) is 0 Å². The fourth-order valence-electron chi connectivity index (χ4n) is 3.01. The smallest absolute Gasteiger partial charge is 0.0966 e. The molecule has 3 nitrogen and oxygen atoms in total. The Morgan fingerprint density at radius 3 is 2.00 bits per heavy atom. The average Bonchev–Trinajstić information content (AvgIpc) is 2.44. The third-order valence-corrected chi connectivity index (χ3v) is 4.94. The van der Waals surface area contributed by atoms with Crippen LogP contribution in [-0.4, -0.2) is 30.4 Å². The van der Waals surface area contributed by atoms with Gasteiger partial charge in [0.2, 0.25) is 0 Å². The van der Waals surface area contributed by atoms with E-state index in [1.54, 1.807) is 0 Å². The van der Waals surface area contributed by atoms with Crippen molar-refractivity contribution in [2.24, 2.45) is 11.1 Å². The van der Waals surface area contributed by atoms with Gasteiger partial charge in [0.1, 0.15) is 0 Å². The van der Waals surface area contributed by atoms with Gasteiger partial charge in [-0.25, -0.2) is 0 Å². The van der Waals surface area contributed by atoms with Crippen LogP contribution in [0.2, 0.25) is 0 Å². The highest BCUT2D eigenvalue weighted by atomic mass is 15.1. The SMILES string of the molecule is CCCCCCCCCCN1CCC(C)(C(=N)N)CC1. The highest BCUT2D eigenvalue weighted by molar-refractivity contribution is 5.83. The molecule has 0 aromatic rings. The summed E-state index contributed by atoms with van der Waals surface area (Å²) in [7, 11) is 0. The summed E-state index contributed by atoms with van der Waals surface area (Å²) in [5.74, 6) is 0.379. The summed E-state index contributed by atoms with van der Waals surface area (Å²) in [6.45, 7) is 7.89. The van der Waals surface area contributed by atoms with Crippen molar-refractivity contribution in [3.63, 3.8) is 0 Å². The highest BCUT2D eigenvalue weighted by Crippen LogP contribution is 2.30. The van der Waals surface area contributed by atoms with Gasteiger partial charge in [0, 0.05) is 5.41 Å². The van der Waals surface area contributed by atoms with Crippen molar-refractivity contribution in [3.05, 3.63) is 0 Å². The summed E-state index contributed by atoms with van der Waals surface area (Å²) in [5.41, 5.74) is 5.67. The van der Waals surface area contributed by atoms with Crippen LogP contribution in [0.1, 0.15) is 78.1 Å². The Labute approximate surface area is 125 Å². The average molecular weight is 281 g/mol. The van der Waals surface area contributed by atoms with Crippen LogP contribution in [0.15, 0.2) is 0 Å². The molecule has 0 radical (unpaired) electrons. The minimum absolute atomic E-state index is 0.0320. The lowest BCUT2D eigenvalue weighted by molar-refractivity contribution is 0.160. The van der Waals surface area contributed by atoms with E-state index in [0.29, 0.717) is 5.84 Å². The lowest BCUT2D eigenvalue weighted by atomic mass is 9.79. The van der Waals surface area contributed by atoms with Gasteiger partial charge in [0.25, 0.3) is 0 Å². The van der Waals surface area contributed by atoms with E-state index in [9.17, 15) is 0 Å². The molecular formula is C17H35N3. The summed E-state index contributed by atoms with van der Waals surface area (Å²) in [4.78, 5) is 2.56. The zero-order valence-corrected chi connectivity index (χ0v) is 13.7. The molecule has 1 rings (SSSR count). The summed E-state index contributed by atoms with van der Waals surface area (Å²) < 4.78 is 0. The molecule has 0 saturated carbocycles. The van der Waals surface area contributed by atoms with Crippen LogP contribution >= 0.6 is 0 Å². The number of unbranched alkanes of at least 4 members (excludes halogenated alkanes) is 7. The van der Waals surface area contributed by atoms with Gasteiger partial charge in [-0.05, 0) is 38.9 Å². The molecule has 0 atom stereocenters. The first-order valence-corrected chi connectivity index (χ1v) is 8.65. The number of hydrogen-bond donors (Lipinski definition) is 2. The van der Waals surface area contributed by atoms with Crippen LogP contribution in [-0.2, 0) is 0 Å². The molecule has 1 fully saturated rings. The van der Waals surface area contributed by atoms with E-state index in [0.717, 1.165) is 25.9 Å². The molecule has 0 bridgehead atoms. The standard InChI is InChI=1S/C17H35N3/c1-3-4-5-6-7-8-9-10-13-20-14-11-17(2,12-15-20)16(18)19/h3-15H2,1-2H3,(H3,18,19). The van der Waals surface area contributed by atoms with Gasteiger partial charge < -0.3 is 10.6 Å². The Bertz CT molecular complexity index is 267. The molecule has 3 heteroatoms. The van der Waals surface area contributed by atoms with Crippen molar-refractivity contribution in [1.29, 1.82) is 5.41 Å². The van der Waals surface area contributed by atoms with Crippen LogP contribution in [0.25, 0.3) is 0 Å². The van der Waals surface area contributed by atoms with Crippen molar-refractivity contribution in [3.8, 4) is 0 Å². The van der Waals surface area contributed by atoms with Gasteiger partial charge in [-0.1, -0.05) is 58.8 Å². The zero-order valence-electron chi connectivity index (χ0n) is 13.7. The second kappa shape index (κ2) is 9.38. The lowest BCUT2D eigenvalue weighted by Crippen LogP contribution is -2.45. The lowest BCUT2D eigenvalue weighted by Gasteiger charge is -2.38. The predicted molar refractivity (Wildman–Crippen MR) is 88.3 cm³/mol. The Kier molecular flexibility index (Phi) is 8.20. The minimum atomic E-state index is -0.0320. The first-order chi connectivity index (χ1) is 9.58. The number of amidine groups is 1. The molecule has 0 spiro atoms. The Morgan fingerprint density at radius 2 is 1.50 bits per heavy atom. The molecule has 3 N–H and O–H groups in total. The number of nitrogens with two attached hydrogens (primary N) is 1. The number of nitrogens with one attached hydrogen (secondary N) is 1. The molecule has 1 aliphatic rings. The molecule has 0 aromatic heterocycles. The minimum Gasteiger partial charge on any atom is -0.387 e. The molecule has 20 heavy (non-hydrogen) atoms. The van der Waals surface area contributed by atoms with E-state index < -0.39 is 0 Å². The van der Waals surface area contributed by atoms with Crippen LogP contribution in [0.4, 0.5) is 0 Å². The van der Waals surface area contributed by atoms with E-state index in [1.807, 2.05) is 0 Å². The van der Waals surface area contributed by atoms with Crippen LogP contribution < -0.4 is 5.73 Å². The maximum atomic E-state index is 7.67. The van der Waals surface area contributed by atoms with Gasteiger partial charge in [-0.3, -0.25) is 5.41 Å². The molecule has 1 aliphatic heterocycles. The van der Waals surface area contributed by atoms with E-state index in [2.05, 4.69) is 18.7 Å². The Balaban J connectivity index is 1.98. The Hall–Kier alpha value is -0.570. The number of rotatable bonds is 10. The zero-order chi connectivity index (χ0) is 14.8. The molecule has 0 amide bonds. The summed E-state index contributed by atoms with van der Waals surface area (Å²) in [6.07, 6.45) is 13.2. The third-order valence-electron chi connectivity index (χ3n) is 4.94. The van der Waals surface area contributed by atoms with Crippen molar-refractivity contribution >= 4 is 5.84 Å². The molecule has 0 aromatic carbocycles. The summed E-state index contributed by atoms with van der Waals surface area (Å²) in [5, 5.41) is 7.67. The van der Waals surface area contributed by atoms with Crippen molar-refractivity contribution in [2.75, 3.05) is 19.6 Å². The van der Waals surface area contributed by atoms with Gasteiger partial charge in [-0.15, -0.1) is 0 Å². The molecular weight excluding hydrogens is 246 g/mol. The van der Waals surface area contributed by atoms with Crippen molar-refractivity contribution < 1.29 is 0 Å². The van der Waals surface area contributed by atoms with E-state index in [1.165, 1.54) is 57.9 Å². The second-order valence-corrected chi connectivity index (χ2v) is 6.79. The normalized spacial score (nSPS) is 19.1. The number of hydrogen-bond acceptors (Lipinski definition) is 2. The summed E-state index contributed by atoms with van der Waals surface area (Å²) in [6, 6.07) is 0. The fourth-order valence-corrected chi connectivity index (χ4v) is 3.01. The third kappa shape index (κ3) is 6.25. The van der Waals surface area contributed by atoms with Crippen molar-refractivity contribution in [2.45, 2.75) is 78.1 Å². The number of piperidine rings is 1. The van der Waals surface area contributed by atoms with Gasteiger partial charge in [0.05, 0.1) is 5.84 Å². The molecule has 0 aliphatic carbocycles. The van der Waals surface area contributed by atoms with Crippen molar-refractivity contribution in [1.82, 2.24) is 4.90 Å². The monoisotopic (exact) mass is 281 g/mol. The first-order valence-electron chi connectivity index (χ1n) is 8.65. The largest absolute Gasteiger partial charge is 0.387 e. The Morgan fingerprint density at radius 1 is 1.00 bits per heavy atom. The predicted octanol–water partition coefficient (Wildman–Crippen LogP) is 4.17. The topological polar surface area (TPSA) is 53.1 Å². The quantitative estimate of drug-likeness (QED) is 0.359.